The zero-order chi connectivity index (χ0) is 24.5. The Morgan fingerprint density at radius 1 is 0.886 bits per heavy atom. The summed E-state index contributed by atoms with van der Waals surface area (Å²) < 4.78 is 7.98. The van der Waals surface area contributed by atoms with Crippen molar-refractivity contribution in [2.75, 3.05) is 4.90 Å². The molecular weight excluding hydrogens is 690 g/mol. The van der Waals surface area contributed by atoms with Crippen molar-refractivity contribution in [3.8, 4) is 5.75 Å². The molecule has 0 radical (unpaired) electrons. The van der Waals surface area contributed by atoms with Gasteiger partial charge in [0.1, 0.15) is 18.1 Å². The number of anilines is 1. The van der Waals surface area contributed by atoms with E-state index in [2.05, 4.69) is 80.8 Å². The van der Waals surface area contributed by atoms with Gasteiger partial charge in [0.15, 0.2) is 0 Å². The van der Waals surface area contributed by atoms with Crippen molar-refractivity contribution < 1.29 is 14.3 Å². The highest BCUT2D eigenvalue weighted by Crippen LogP contribution is 2.31. The summed E-state index contributed by atoms with van der Waals surface area (Å²) in [5, 5.41) is 5.56. The number of urea groups is 1. The van der Waals surface area contributed by atoms with Gasteiger partial charge in [-0.2, -0.15) is 0 Å². The van der Waals surface area contributed by atoms with Crippen molar-refractivity contribution in [1.82, 2.24) is 5.32 Å². The molecule has 5 nitrogen and oxygen atoms in total. The first-order valence-corrected chi connectivity index (χ1v) is 13.1. The third kappa shape index (κ3) is 5.17. The summed E-state index contributed by atoms with van der Waals surface area (Å²) in [6.07, 6.45) is 1.67. The van der Waals surface area contributed by atoms with Gasteiger partial charge < -0.3 is 10.1 Å². The highest BCUT2D eigenvalue weighted by molar-refractivity contribution is 14.1. The minimum Gasteiger partial charge on any atom is -0.487 e. The van der Waals surface area contributed by atoms with Crippen molar-refractivity contribution in [3.05, 3.63) is 108 Å². The molecule has 1 aliphatic rings. The van der Waals surface area contributed by atoms with Gasteiger partial charge in [0.05, 0.1) is 12.8 Å². The number of nitrogens with one attached hydrogen (secondary N) is 1. The summed E-state index contributed by atoms with van der Waals surface area (Å²) in [6.45, 7) is 0.446. The van der Waals surface area contributed by atoms with Gasteiger partial charge in [-0.25, -0.2) is 9.69 Å². The van der Waals surface area contributed by atoms with Gasteiger partial charge in [0, 0.05) is 5.02 Å². The van der Waals surface area contributed by atoms with Crippen molar-refractivity contribution in [2.24, 2.45) is 0 Å². The van der Waals surface area contributed by atoms with E-state index in [9.17, 15) is 9.59 Å². The fraction of sp³-hybridized carbons (Fsp3) is 0.0370. The first-order chi connectivity index (χ1) is 16.9. The summed E-state index contributed by atoms with van der Waals surface area (Å²) in [5.41, 5.74) is 2.55. The SMILES string of the molecule is O=C1N/C(=C/c2cc(I)c(OCc3ccc4ccccc4c3)c(I)c2)C(=O)N1c1ccc(Cl)cc1. The van der Waals surface area contributed by atoms with Crippen LogP contribution in [0.25, 0.3) is 16.8 Å². The number of hydrogen-bond donors (Lipinski definition) is 1. The molecule has 174 valence electrons. The molecule has 8 heteroatoms. The Balaban J connectivity index is 1.34. The van der Waals surface area contributed by atoms with Crippen LogP contribution in [0.3, 0.4) is 0 Å². The second-order valence-corrected chi connectivity index (χ2v) is 10.6. The van der Waals surface area contributed by atoms with Gasteiger partial charge in [-0.05, 0) is 116 Å². The van der Waals surface area contributed by atoms with Crippen molar-refractivity contribution >= 4 is 91.3 Å². The standard InChI is InChI=1S/C27H17ClI2N2O3/c28-20-7-9-21(10-8-20)32-26(33)24(31-27(32)34)14-17-12-22(29)25(23(30)13-17)35-15-16-5-6-18-3-1-2-4-19(18)11-16/h1-14H,15H2,(H,31,34)/b24-14+. The lowest BCUT2D eigenvalue weighted by atomic mass is 10.1. The van der Waals surface area contributed by atoms with Crippen LogP contribution < -0.4 is 15.0 Å². The Morgan fingerprint density at radius 3 is 2.29 bits per heavy atom. The molecule has 5 rings (SSSR count). The number of nitrogens with zero attached hydrogens (tertiary/aromatic N) is 1. The minimum absolute atomic E-state index is 0.210. The van der Waals surface area contributed by atoms with Crippen LogP contribution in [0.2, 0.25) is 5.02 Å². The van der Waals surface area contributed by atoms with E-state index in [0.717, 1.165) is 28.9 Å². The first kappa shape index (κ1) is 24.1. The molecule has 0 spiro atoms. The number of imide groups is 1. The lowest BCUT2D eigenvalue weighted by molar-refractivity contribution is -0.113. The smallest absolute Gasteiger partial charge is 0.333 e. The second kappa shape index (κ2) is 10.2. The molecule has 1 saturated heterocycles. The molecule has 4 aromatic carbocycles. The summed E-state index contributed by atoms with van der Waals surface area (Å²) in [7, 11) is 0. The molecule has 0 aromatic heterocycles. The molecule has 0 saturated carbocycles. The summed E-state index contributed by atoms with van der Waals surface area (Å²) in [5.74, 6) is 0.366. The molecule has 1 fully saturated rings. The summed E-state index contributed by atoms with van der Waals surface area (Å²) >= 11 is 10.4. The van der Waals surface area contributed by atoms with E-state index in [1.165, 1.54) is 10.8 Å². The number of halogens is 3. The van der Waals surface area contributed by atoms with Crippen LogP contribution in [0.5, 0.6) is 5.75 Å². The van der Waals surface area contributed by atoms with Crippen molar-refractivity contribution in [1.29, 1.82) is 0 Å². The van der Waals surface area contributed by atoms with Crippen LogP contribution >= 0.6 is 56.8 Å². The van der Waals surface area contributed by atoms with Gasteiger partial charge in [-0.15, -0.1) is 0 Å². The summed E-state index contributed by atoms with van der Waals surface area (Å²) in [6, 6.07) is 24.4. The molecule has 0 bridgehead atoms. The Hall–Kier alpha value is -2.63. The number of hydrogen-bond acceptors (Lipinski definition) is 3. The molecular formula is C27H17ClI2N2O3. The molecule has 4 aromatic rings. The maximum atomic E-state index is 12.9. The van der Waals surface area contributed by atoms with Crippen LogP contribution in [0, 0.1) is 7.14 Å². The number of rotatable bonds is 5. The first-order valence-electron chi connectivity index (χ1n) is 10.6. The Kier molecular flexibility index (Phi) is 6.99. The molecule has 1 aliphatic heterocycles. The highest BCUT2D eigenvalue weighted by atomic mass is 127. The number of amides is 3. The Labute approximate surface area is 234 Å². The van der Waals surface area contributed by atoms with E-state index in [1.807, 2.05) is 24.3 Å². The van der Waals surface area contributed by atoms with Crippen LogP contribution in [0.1, 0.15) is 11.1 Å². The zero-order valence-electron chi connectivity index (χ0n) is 18.1. The Bertz CT molecular complexity index is 1480. The predicted molar refractivity (Wildman–Crippen MR) is 156 cm³/mol. The van der Waals surface area contributed by atoms with Gasteiger partial charge >= 0.3 is 6.03 Å². The largest absolute Gasteiger partial charge is 0.487 e. The fourth-order valence-corrected chi connectivity index (χ4v) is 6.06. The second-order valence-electron chi connectivity index (χ2n) is 7.89. The van der Waals surface area contributed by atoms with E-state index >= 15 is 0 Å². The predicted octanol–water partition coefficient (Wildman–Crippen LogP) is 7.38. The fourth-order valence-electron chi connectivity index (χ4n) is 3.81. The number of ether oxygens (including phenoxy) is 1. The summed E-state index contributed by atoms with van der Waals surface area (Å²) in [4.78, 5) is 26.5. The molecule has 1 heterocycles. The Morgan fingerprint density at radius 2 is 1.57 bits per heavy atom. The number of fused-ring (bicyclic) bond motifs is 1. The lowest BCUT2D eigenvalue weighted by Crippen LogP contribution is -2.30. The number of carbonyl (C=O) groups excluding carboxylic acids is 2. The van der Waals surface area contributed by atoms with Crippen molar-refractivity contribution in [3.63, 3.8) is 0 Å². The molecule has 1 N–H and O–H groups in total. The maximum Gasteiger partial charge on any atom is 0.333 e. The molecule has 0 unspecified atom stereocenters. The van der Waals surface area contributed by atoms with Crippen LogP contribution in [0.4, 0.5) is 10.5 Å². The van der Waals surface area contributed by atoms with Crippen LogP contribution in [0.15, 0.2) is 84.6 Å². The molecule has 35 heavy (non-hydrogen) atoms. The number of carbonyl (C=O) groups is 2. The van der Waals surface area contributed by atoms with E-state index in [1.54, 1.807) is 30.3 Å². The van der Waals surface area contributed by atoms with Crippen LogP contribution in [-0.2, 0) is 11.4 Å². The monoisotopic (exact) mass is 706 g/mol. The maximum absolute atomic E-state index is 12.9. The van der Waals surface area contributed by atoms with Gasteiger partial charge in [-0.1, -0.05) is 48.0 Å². The minimum atomic E-state index is -0.497. The average molecular weight is 707 g/mol. The van der Waals surface area contributed by atoms with E-state index < -0.39 is 11.9 Å². The van der Waals surface area contributed by atoms with Gasteiger partial charge in [-0.3, -0.25) is 4.79 Å². The van der Waals surface area contributed by atoms with Crippen LogP contribution in [-0.4, -0.2) is 11.9 Å². The lowest BCUT2D eigenvalue weighted by Gasteiger charge is -2.12. The third-order valence-corrected chi connectivity index (χ3v) is 7.35. The van der Waals surface area contributed by atoms with Crippen molar-refractivity contribution in [2.45, 2.75) is 6.61 Å². The van der Waals surface area contributed by atoms with Gasteiger partial charge in [0.2, 0.25) is 0 Å². The molecule has 0 atom stereocenters. The van der Waals surface area contributed by atoms with E-state index in [-0.39, 0.29) is 5.70 Å². The number of benzene rings is 4. The quantitative estimate of drug-likeness (QED) is 0.134. The van der Waals surface area contributed by atoms with E-state index in [0.29, 0.717) is 17.3 Å². The third-order valence-electron chi connectivity index (χ3n) is 5.49. The van der Waals surface area contributed by atoms with E-state index in [4.69, 9.17) is 16.3 Å². The topological polar surface area (TPSA) is 58.6 Å². The molecule has 0 aliphatic carbocycles. The highest BCUT2D eigenvalue weighted by Gasteiger charge is 2.34. The molecule has 3 amide bonds. The normalized spacial score (nSPS) is 14.6. The van der Waals surface area contributed by atoms with Gasteiger partial charge in [0.25, 0.3) is 5.91 Å². The zero-order valence-corrected chi connectivity index (χ0v) is 23.2. The average Bonchev–Trinajstić information content (AvgIpc) is 3.11.